The van der Waals surface area contributed by atoms with Gasteiger partial charge in [-0.3, -0.25) is 4.79 Å². The highest BCUT2D eigenvalue weighted by molar-refractivity contribution is 5.75. The molecular formula is C13H26N2O3. The molecule has 0 saturated carbocycles. The van der Waals surface area contributed by atoms with Crippen LogP contribution in [0.1, 0.15) is 47.0 Å². The molecule has 0 spiro atoms. The van der Waals surface area contributed by atoms with Gasteiger partial charge in [-0.15, -0.1) is 0 Å². The van der Waals surface area contributed by atoms with Gasteiger partial charge in [0.25, 0.3) is 0 Å². The van der Waals surface area contributed by atoms with E-state index in [0.29, 0.717) is 13.0 Å². The monoisotopic (exact) mass is 258 g/mol. The van der Waals surface area contributed by atoms with Crippen molar-refractivity contribution in [2.75, 3.05) is 13.6 Å². The molecule has 0 aliphatic carbocycles. The van der Waals surface area contributed by atoms with E-state index in [1.807, 2.05) is 27.7 Å². The summed E-state index contributed by atoms with van der Waals surface area (Å²) in [6, 6.07) is -0.526. The minimum Gasteiger partial charge on any atom is -0.481 e. The van der Waals surface area contributed by atoms with Gasteiger partial charge >= 0.3 is 12.0 Å². The van der Waals surface area contributed by atoms with Crippen LogP contribution in [0.4, 0.5) is 4.79 Å². The summed E-state index contributed by atoms with van der Waals surface area (Å²) in [5.41, 5.74) is -0.0171. The molecular weight excluding hydrogens is 232 g/mol. The molecule has 0 rings (SSSR count). The normalized spacial score (nSPS) is 12.9. The number of aliphatic carboxylic acids is 1. The number of urea groups is 1. The van der Waals surface area contributed by atoms with Crippen LogP contribution in [0.15, 0.2) is 0 Å². The van der Waals surface area contributed by atoms with Crippen molar-refractivity contribution in [1.29, 1.82) is 0 Å². The molecule has 18 heavy (non-hydrogen) atoms. The third-order valence-electron chi connectivity index (χ3n) is 2.51. The fourth-order valence-electron chi connectivity index (χ4n) is 1.85. The van der Waals surface area contributed by atoms with Crippen LogP contribution in [0.2, 0.25) is 0 Å². The summed E-state index contributed by atoms with van der Waals surface area (Å²) in [5.74, 6) is -0.886. The van der Waals surface area contributed by atoms with Crippen molar-refractivity contribution in [1.82, 2.24) is 10.2 Å². The first-order valence-electron chi connectivity index (χ1n) is 6.39. The average molecular weight is 258 g/mol. The van der Waals surface area contributed by atoms with Gasteiger partial charge in [0, 0.05) is 19.6 Å². The lowest BCUT2D eigenvalue weighted by Gasteiger charge is -2.27. The zero-order valence-corrected chi connectivity index (χ0v) is 12.1. The summed E-state index contributed by atoms with van der Waals surface area (Å²) < 4.78 is 0. The summed E-state index contributed by atoms with van der Waals surface area (Å²) in [5, 5.41) is 11.7. The quantitative estimate of drug-likeness (QED) is 0.768. The van der Waals surface area contributed by atoms with E-state index in [2.05, 4.69) is 5.32 Å². The van der Waals surface area contributed by atoms with Crippen LogP contribution in [0.5, 0.6) is 0 Å². The molecule has 0 aromatic rings. The van der Waals surface area contributed by atoms with Crippen molar-refractivity contribution in [2.45, 2.75) is 53.0 Å². The number of amides is 2. The maximum atomic E-state index is 11.8. The summed E-state index contributed by atoms with van der Waals surface area (Å²) in [6.07, 6.45) is 1.49. The largest absolute Gasteiger partial charge is 0.481 e. The molecule has 0 radical (unpaired) electrons. The zero-order chi connectivity index (χ0) is 14.3. The molecule has 0 bridgehead atoms. The van der Waals surface area contributed by atoms with Gasteiger partial charge in [0.15, 0.2) is 0 Å². The van der Waals surface area contributed by atoms with Gasteiger partial charge in [0.2, 0.25) is 0 Å². The number of carbonyl (C=O) groups excluding carboxylic acids is 1. The van der Waals surface area contributed by atoms with Gasteiger partial charge in [-0.25, -0.2) is 4.79 Å². The van der Waals surface area contributed by atoms with Gasteiger partial charge in [0.05, 0.1) is 6.42 Å². The van der Waals surface area contributed by atoms with Gasteiger partial charge in [-0.2, -0.15) is 0 Å². The van der Waals surface area contributed by atoms with E-state index < -0.39 is 5.97 Å². The number of nitrogens with one attached hydrogen (secondary N) is 1. The molecule has 0 saturated heterocycles. The molecule has 106 valence electrons. The number of carboxylic acids is 1. The number of rotatable bonds is 6. The van der Waals surface area contributed by atoms with Crippen LogP contribution in [-0.4, -0.2) is 41.6 Å². The maximum Gasteiger partial charge on any atom is 0.317 e. The molecule has 0 aromatic carbocycles. The predicted octanol–water partition coefficient (Wildman–Crippen LogP) is 2.32. The highest BCUT2D eigenvalue weighted by Gasteiger charge is 2.23. The highest BCUT2D eigenvalue weighted by atomic mass is 16.4. The molecule has 5 nitrogen and oxygen atoms in total. The molecule has 2 amide bonds. The van der Waals surface area contributed by atoms with Crippen molar-refractivity contribution in [2.24, 2.45) is 5.41 Å². The summed E-state index contributed by atoms with van der Waals surface area (Å²) >= 11 is 0. The smallest absolute Gasteiger partial charge is 0.317 e. The third kappa shape index (κ3) is 7.92. The fourth-order valence-corrected chi connectivity index (χ4v) is 1.85. The van der Waals surface area contributed by atoms with Gasteiger partial charge in [0.1, 0.15) is 0 Å². The predicted molar refractivity (Wildman–Crippen MR) is 71.6 cm³/mol. The lowest BCUT2D eigenvalue weighted by Crippen LogP contribution is -2.45. The second-order valence-corrected chi connectivity index (χ2v) is 5.93. The van der Waals surface area contributed by atoms with E-state index in [0.717, 1.165) is 6.42 Å². The van der Waals surface area contributed by atoms with Crippen molar-refractivity contribution < 1.29 is 14.7 Å². The lowest BCUT2D eigenvalue weighted by molar-refractivity contribution is -0.137. The molecule has 0 aliphatic heterocycles. The van der Waals surface area contributed by atoms with Crippen LogP contribution in [0.25, 0.3) is 0 Å². The Balaban J connectivity index is 4.48. The Bertz CT molecular complexity index is 284. The Morgan fingerprint density at radius 2 is 1.89 bits per heavy atom. The third-order valence-corrected chi connectivity index (χ3v) is 2.51. The number of hydrogen-bond acceptors (Lipinski definition) is 2. The van der Waals surface area contributed by atoms with Gasteiger partial charge < -0.3 is 15.3 Å². The summed E-state index contributed by atoms with van der Waals surface area (Å²) in [6.45, 7) is 8.76. The Morgan fingerprint density at radius 1 is 1.33 bits per heavy atom. The number of carbonyl (C=O) groups is 2. The van der Waals surface area contributed by atoms with Crippen LogP contribution in [0, 0.1) is 5.41 Å². The second-order valence-electron chi connectivity index (χ2n) is 5.93. The molecule has 0 fully saturated rings. The SMILES string of the molecule is CCCN(C)C(=O)NC(CC(=O)O)CC(C)(C)C. The number of hydrogen-bond donors (Lipinski definition) is 2. The Labute approximate surface area is 110 Å². The van der Waals surface area contributed by atoms with Crippen LogP contribution in [0.3, 0.4) is 0 Å². The Morgan fingerprint density at radius 3 is 2.28 bits per heavy atom. The van der Waals surface area contributed by atoms with E-state index in [4.69, 9.17) is 5.11 Å². The minimum atomic E-state index is -0.886. The highest BCUT2D eigenvalue weighted by Crippen LogP contribution is 2.22. The lowest BCUT2D eigenvalue weighted by atomic mass is 9.87. The van der Waals surface area contributed by atoms with Crippen LogP contribution >= 0.6 is 0 Å². The molecule has 2 N–H and O–H groups in total. The average Bonchev–Trinajstić information content (AvgIpc) is 2.13. The fraction of sp³-hybridized carbons (Fsp3) is 0.846. The topological polar surface area (TPSA) is 69.6 Å². The van der Waals surface area contributed by atoms with Gasteiger partial charge in [-0.05, 0) is 18.3 Å². The van der Waals surface area contributed by atoms with Crippen LogP contribution in [-0.2, 0) is 4.79 Å². The Hall–Kier alpha value is -1.26. The summed E-state index contributed by atoms with van der Waals surface area (Å²) in [7, 11) is 1.72. The molecule has 5 heteroatoms. The first-order valence-corrected chi connectivity index (χ1v) is 6.39. The number of carboxylic acid groups (broad SMARTS) is 1. The van der Waals surface area contributed by atoms with E-state index in [9.17, 15) is 9.59 Å². The standard InChI is InChI=1S/C13H26N2O3/c1-6-7-15(5)12(18)14-10(8-11(16)17)9-13(2,3)4/h10H,6-9H2,1-5H3,(H,14,18)(H,16,17). The molecule has 0 aliphatic rings. The summed E-state index contributed by atoms with van der Waals surface area (Å²) in [4.78, 5) is 24.2. The van der Waals surface area contributed by atoms with Crippen molar-refractivity contribution >= 4 is 12.0 Å². The first kappa shape index (κ1) is 16.7. The van der Waals surface area contributed by atoms with Crippen molar-refractivity contribution in [3.05, 3.63) is 0 Å². The Kier molecular flexibility index (Phi) is 6.73. The second kappa shape index (κ2) is 7.24. The van der Waals surface area contributed by atoms with Gasteiger partial charge in [-0.1, -0.05) is 27.7 Å². The zero-order valence-electron chi connectivity index (χ0n) is 12.1. The van der Waals surface area contributed by atoms with Crippen molar-refractivity contribution in [3.63, 3.8) is 0 Å². The molecule has 1 unspecified atom stereocenters. The minimum absolute atomic E-state index is 0.0171. The molecule has 1 atom stereocenters. The van der Waals surface area contributed by atoms with Crippen LogP contribution < -0.4 is 5.32 Å². The molecule has 0 aromatic heterocycles. The van der Waals surface area contributed by atoms with Crippen molar-refractivity contribution in [3.8, 4) is 0 Å². The van der Waals surface area contributed by atoms with E-state index >= 15 is 0 Å². The maximum absolute atomic E-state index is 11.8. The molecule has 0 heterocycles. The van der Waals surface area contributed by atoms with E-state index in [1.54, 1.807) is 11.9 Å². The number of nitrogens with zero attached hydrogens (tertiary/aromatic N) is 1. The van der Waals surface area contributed by atoms with E-state index in [-0.39, 0.29) is 23.9 Å². The van der Waals surface area contributed by atoms with E-state index in [1.165, 1.54) is 0 Å². The first-order chi connectivity index (χ1) is 8.15.